The van der Waals surface area contributed by atoms with Crippen molar-refractivity contribution < 1.29 is 14.9 Å². The van der Waals surface area contributed by atoms with Gasteiger partial charge in [0.2, 0.25) is 0 Å². The van der Waals surface area contributed by atoms with Gasteiger partial charge in [-0.05, 0) is 29.4 Å². The van der Waals surface area contributed by atoms with E-state index in [1.807, 2.05) is 54.6 Å². The van der Waals surface area contributed by atoms with Gasteiger partial charge in [-0.1, -0.05) is 61.4 Å². The molecular formula is C17H19BO3. The Kier molecular flexibility index (Phi) is 5.17. The highest BCUT2D eigenvalue weighted by atomic mass is 16.4. The van der Waals surface area contributed by atoms with E-state index in [4.69, 9.17) is 0 Å². The molecule has 0 saturated carbocycles. The Labute approximate surface area is 125 Å². The summed E-state index contributed by atoms with van der Waals surface area (Å²) in [6.45, 7) is 1.02. The van der Waals surface area contributed by atoms with Crippen LogP contribution in [0.3, 0.4) is 0 Å². The molecule has 0 saturated heterocycles. The Morgan fingerprint density at radius 1 is 1.05 bits per heavy atom. The largest absolute Gasteiger partial charge is 0.481 e. The average molecular weight is 282 g/mol. The summed E-state index contributed by atoms with van der Waals surface area (Å²) in [7, 11) is 0. The zero-order valence-corrected chi connectivity index (χ0v) is 12.1. The first-order chi connectivity index (χ1) is 10.1. The van der Waals surface area contributed by atoms with Crippen LogP contribution in [0.4, 0.5) is 0 Å². The van der Waals surface area contributed by atoms with Crippen molar-refractivity contribution in [3.05, 3.63) is 60.2 Å². The van der Waals surface area contributed by atoms with Gasteiger partial charge in [0, 0.05) is 0 Å². The summed E-state index contributed by atoms with van der Waals surface area (Å²) in [6, 6.07) is 18.0. The Morgan fingerprint density at radius 2 is 1.62 bits per heavy atom. The van der Waals surface area contributed by atoms with E-state index in [2.05, 4.69) is 0 Å². The molecule has 0 aliphatic heterocycles. The molecule has 108 valence electrons. The van der Waals surface area contributed by atoms with Crippen molar-refractivity contribution in [1.82, 2.24) is 0 Å². The molecule has 2 rings (SSSR count). The molecular weight excluding hydrogens is 263 g/mol. The summed E-state index contributed by atoms with van der Waals surface area (Å²) in [5.41, 5.74) is 3.23. The quantitative estimate of drug-likeness (QED) is 0.800. The van der Waals surface area contributed by atoms with Crippen LogP contribution in [0.15, 0.2) is 54.6 Å². The van der Waals surface area contributed by atoms with Crippen LogP contribution in [0.5, 0.6) is 0 Å². The van der Waals surface area contributed by atoms with E-state index in [0.717, 1.165) is 16.7 Å². The maximum absolute atomic E-state index is 11.2. The van der Waals surface area contributed by atoms with Gasteiger partial charge in [-0.25, -0.2) is 0 Å². The van der Waals surface area contributed by atoms with Gasteiger partial charge in [-0.3, -0.25) is 4.79 Å². The molecule has 0 radical (unpaired) electrons. The lowest BCUT2D eigenvalue weighted by atomic mass is 9.63. The Bertz CT molecular complexity index is 579. The Hall–Kier alpha value is -2.07. The maximum Gasteiger partial charge on any atom is 0.306 e. The van der Waals surface area contributed by atoms with Gasteiger partial charge in [0.15, 0.2) is 0 Å². The van der Waals surface area contributed by atoms with E-state index in [-0.39, 0.29) is 6.32 Å². The number of rotatable bonds is 6. The molecule has 21 heavy (non-hydrogen) atoms. The SMILES string of the molecule is CB(O)C[C@H](Cc1ccc(-c2ccccc2)cc1)C(=O)O. The summed E-state index contributed by atoms with van der Waals surface area (Å²) in [4.78, 5) is 11.2. The van der Waals surface area contributed by atoms with Crippen LogP contribution in [0.25, 0.3) is 11.1 Å². The van der Waals surface area contributed by atoms with Crippen molar-refractivity contribution in [2.24, 2.45) is 5.92 Å². The van der Waals surface area contributed by atoms with Crippen LogP contribution >= 0.6 is 0 Å². The third-order valence-electron chi connectivity index (χ3n) is 3.52. The molecule has 2 N–H and O–H groups in total. The lowest BCUT2D eigenvalue weighted by Crippen LogP contribution is -2.22. The number of hydrogen-bond donors (Lipinski definition) is 2. The van der Waals surface area contributed by atoms with Gasteiger partial charge in [0.1, 0.15) is 0 Å². The minimum Gasteiger partial charge on any atom is -0.481 e. The van der Waals surface area contributed by atoms with Crippen molar-refractivity contribution in [3.8, 4) is 11.1 Å². The second-order valence-corrected chi connectivity index (χ2v) is 5.39. The molecule has 3 nitrogen and oxygen atoms in total. The van der Waals surface area contributed by atoms with Gasteiger partial charge >= 0.3 is 5.97 Å². The lowest BCUT2D eigenvalue weighted by molar-refractivity contribution is -0.141. The van der Waals surface area contributed by atoms with E-state index in [9.17, 15) is 14.9 Å². The first-order valence-electron chi connectivity index (χ1n) is 7.11. The zero-order valence-electron chi connectivity index (χ0n) is 12.1. The fourth-order valence-corrected chi connectivity index (χ4v) is 2.43. The standard InChI is InChI=1S/C17H19BO3/c1-18(21)12-16(17(19)20)11-13-7-9-15(10-8-13)14-5-3-2-4-6-14/h2-10,16,21H,11-12H2,1H3,(H,19,20)/t16-/m0/s1. The molecule has 0 bridgehead atoms. The monoisotopic (exact) mass is 282 g/mol. The number of carboxylic acids is 1. The molecule has 0 spiro atoms. The first kappa shape index (κ1) is 15.3. The van der Waals surface area contributed by atoms with Crippen LogP contribution < -0.4 is 0 Å². The van der Waals surface area contributed by atoms with Crippen LogP contribution in [0, 0.1) is 5.92 Å². The average Bonchev–Trinajstić information content (AvgIpc) is 2.48. The molecule has 2 aromatic carbocycles. The molecule has 2 aromatic rings. The van der Waals surface area contributed by atoms with Crippen molar-refractivity contribution in [1.29, 1.82) is 0 Å². The minimum atomic E-state index is -0.858. The number of hydrogen-bond acceptors (Lipinski definition) is 2. The highest BCUT2D eigenvalue weighted by Crippen LogP contribution is 2.21. The van der Waals surface area contributed by atoms with Gasteiger partial charge in [-0.15, -0.1) is 0 Å². The van der Waals surface area contributed by atoms with Crippen molar-refractivity contribution >= 4 is 12.9 Å². The Balaban J connectivity index is 2.10. The molecule has 1 atom stereocenters. The third-order valence-corrected chi connectivity index (χ3v) is 3.52. The number of carbonyl (C=O) groups is 1. The van der Waals surface area contributed by atoms with Gasteiger partial charge in [0.25, 0.3) is 6.92 Å². The smallest absolute Gasteiger partial charge is 0.306 e. The van der Waals surface area contributed by atoms with E-state index in [1.165, 1.54) is 0 Å². The summed E-state index contributed by atoms with van der Waals surface area (Å²) in [5.74, 6) is -1.41. The van der Waals surface area contributed by atoms with Gasteiger partial charge < -0.3 is 10.1 Å². The number of benzene rings is 2. The predicted octanol–water partition coefficient (Wildman–Crippen LogP) is 3.21. The topological polar surface area (TPSA) is 57.5 Å². The first-order valence-corrected chi connectivity index (χ1v) is 7.11. The summed E-state index contributed by atoms with van der Waals surface area (Å²) in [5, 5.41) is 18.6. The summed E-state index contributed by atoms with van der Waals surface area (Å²) < 4.78 is 0. The third kappa shape index (κ3) is 4.47. The molecule has 0 aliphatic rings. The Morgan fingerprint density at radius 3 is 2.14 bits per heavy atom. The van der Waals surface area contributed by atoms with Gasteiger partial charge in [0.05, 0.1) is 5.92 Å². The fourth-order valence-electron chi connectivity index (χ4n) is 2.43. The highest BCUT2D eigenvalue weighted by molar-refractivity contribution is 6.49. The second-order valence-electron chi connectivity index (χ2n) is 5.39. The van der Waals surface area contributed by atoms with E-state index < -0.39 is 18.8 Å². The molecule has 0 aromatic heterocycles. The van der Waals surface area contributed by atoms with Crippen LogP contribution in [-0.2, 0) is 11.2 Å². The van der Waals surface area contributed by atoms with Crippen LogP contribution in [-0.4, -0.2) is 23.0 Å². The van der Waals surface area contributed by atoms with E-state index in [0.29, 0.717) is 6.42 Å². The maximum atomic E-state index is 11.2. The lowest BCUT2D eigenvalue weighted by Gasteiger charge is -2.13. The minimum absolute atomic E-state index is 0.274. The molecule has 0 amide bonds. The van der Waals surface area contributed by atoms with Crippen molar-refractivity contribution in [2.75, 3.05) is 0 Å². The molecule has 4 heteroatoms. The normalized spacial score (nSPS) is 11.9. The van der Waals surface area contributed by atoms with E-state index in [1.54, 1.807) is 6.82 Å². The fraction of sp³-hybridized carbons (Fsp3) is 0.235. The van der Waals surface area contributed by atoms with Crippen LogP contribution in [0.2, 0.25) is 13.1 Å². The zero-order chi connectivity index (χ0) is 15.2. The van der Waals surface area contributed by atoms with Gasteiger partial charge in [-0.2, -0.15) is 0 Å². The molecule has 0 fully saturated rings. The number of carboxylic acid groups (broad SMARTS) is 1. The van der Waals surface area contributed by atoms with Crippen LogP contribution in [0.1, 0.15) is 5.56 Å². The van der Waals surface area contributed by atoms with Crippen molar-refractivity contribution in [3.63, 3.8) is 0 Å². The highest BCUT2D eigenvalue weighted by Gasteiger charge is 2.21. The number of aliphatic carboxylic acids is 1. The second kappa shape index (κ2) is 7.09. The molecule has 0 heterocycles. The molecule has 0 unspecified atom stereocenters. The summed E-state index contributed by atoms with van der Waals surface area (Å²) in [6.07, 6.45) is 0.713. The summed E-state index contributed by atoms with van der Waals surface area (Å²) >= 11 is 0. The predicted molar refractivity (Wildman–Crippen MR) is 85.4 cm³/mol. The molecule has 0 aliphatic carbocycles. The van der Waals surface area contributed by atoms with E-state index >= 15 is 0 Å². The van der Waals surface area contributed by atoms with Crippen molar-refractivity contribution in [2.45, 2.75) is 19.6 Å².